The van der Waals surface area contributed by atoms with Crippen LogP contribution in [0.25, 0.3) is 43.6 Å². The van der Waals surface area contributed by atoms with E-state index in [0.29, 0.717) is 0 Å². The number of aromatic nitrogens is 1. The summed E-state index contributed by atoms with van der Waals surface area (Å²) in [5, 5.41) is 16.3. The van der Waals surface area contributed by atoms with Gasteiger partial charge in [0, 0.05) is 44.2 Å². The number of pyridine rings is 1. The van der Waals surface area contributed by atoms with E-state index in [-0.39, 0.29) is 49.3 Å². The molecule has 0 amide bonds. The van der Waals surface area contributed by atoms with Crippen LogP contribution >= 0.6 is 0 Å². The molecular formula is C38H41FIrNO2-. The first-order valence-electron chi connectivity index (χ1n) is 15.1. The molecule has 0 aliphatic heterocycles. The molecule has 5 rings (SSSR count). The SMILES string of the molecule is CCC(CC)C(=O)C=C(O)C(CC)CC.Cc1[c-]c(-c2nccc3c2ccc2c4ccc(F)cc4ccc32)cc(C)c1.[Ir]. The number of carbonyl (C=O) groups excluding carboxylic acids is 1. The maximum Gasteiger partial charge on any atom is 0.162 e. The normalized spacial score (nSPS) is 11.6. The number of nitrogens with zero attached hydrogens (tertiary/aromatic N) is 1. The monoisotopic (exact) mass is 755 g/mol. The molecule has 1 radical (unpaired) electrons. The summed E-state index contributed by atoms with van der Waals surface area (Å²) in [4.78, 5) is 16.4. The van der Waals surface area contributed by atoms with Gasteiger partial charge in [0.2, 0.25) is 0 Å². The van der Waals surface area contributed by atoms with Crippen LogP contribution < -0.4 is 0 Å². The molecule has 0 atom stereocenters. The molecule has 0 unspecified atom stereocenters. The van der Waals surface area contributed by atoms with Gasteiger partial charge in [0.25, 0.3) is 0 Å². The molecule has 0 saturated carbocycles. The van der Waals surface area contributed by atoms with E-state index in [2.05, 4.69) is 61.3 Å². The topological polar surface area (TPSA) is 50.2 Å². The molecule has 0 fully saturated rings. The molecule has 0 bridgehead atoms. The van der Waals surface area contributed by atoms with Crippen LogP contribution in [0.5, 0.6) is 0 Å². The molecule has 227 valence electrons. The third kappa shape index (κ3) is 7.77. The van der Waals surface area contributed by atoms with Crippen LogP contribution in [0.1, 0.15) is 64.5 Å². The van der Waals surface area contributed by atoms with Crippen LogP contribution in [0.2, 0.25) is 0 Å². The Labute approximate surface area is 268 Å². The summed E-state index contributed by atoms with van der Waals surface area (Å²) in [6, 6.07) is 23.0. The average Bonchev–Trinajstić information content (AvgIpc) is 2.97. The van der Waals surface area contributed by atoms with E-state index < -0.39 is 0 Å². The van der Waals surface area contributed by atoms with Gasteiger partial charge >= 0.3 is 0 Å². The fourth-order valence-corrected chi connectivity index (χ4v) is 5.80. The molecule has 0 saturated heterocycles. The fraction of sp³-hybridized carbons (Fsp3) is 0.316. The van der Waals surface area contributed by atoms with Crippen LogP contribution in [0.4, 0.5) is 4.39 Å². The second-order valence-electron chi connectivity index (χ2n) is 11.1. The van der Waals surface area contributed by atoms with Crippen molar-refractivity contribution < 1.29 is 34.4 Å². The molecule has 0 aliphatic carbocycles. The van der Waals surface area contributed by atoms with Crippen molar-refractivity contribution in [3.05, 3.63) is 102 Å². The van der Waals surface area contributed by atoms with Gasteiger partial charge in [-0.3, -0.25) is 4.79 Å². The molecule has 1 N–H and O–H groups in total. The van der Waals surface area contributed by atoms with Gasteiger partial charge in [-0.05, 0) is 81.9 Å². The van der Waals surface area contributed by atoms with Crippen LogP contribution in [0.3, 0.4) is 0 Å². The second kappa shape index (κ2) is 15.4. The predicted molar refractivity (Wildman–Crippen MR) is 174 cm³/mol. The average molecular weight is 755 g/mol. The van der Waals surface area contributed by atoms with Crippen molar-refractivity contribution in [2.45, 2.75) is 67.2 Å². The van der Waals surface area contributed by atoms with Gasteiger partial charge in [-0.2, -0.15) is 0 Å². The van der Waals surface area contributed by atoms with E-state index in [1.54, 1.807) is 6.07 Å². The van der Waals surface area contributed by atoms with E-state index in [9.17, 15) is 14.3 Å². The van der Waals surface area contributed by atoms with Crippen molar-refractivity contribution in [2.75, 3.05) is 0 Å². The van der Waals surface area contributed by atoms with Gasteiger partial charge in [0.05, 0.1) is 5.76 Å². The van der Waals surface area contributed by atoms with Crippen molar-refractivity contribution in [3.63, 3.8) is 0 Å². The van der Waals surface area contributed by atoms with Crippen molar-refractivity contribution >= 4 is 38.1 Å². The van der Waals surface area contributed by atoms with Gasteiger partial charge in [-0.25, -0.2) is 4.39 Å². The van der Waals surface area contributed by atoms with Crippen LogP contribution in [0.15, 0.2) is 78.7 Å². The summed E-state index contributed by atoms with van der Waals surface area (Å²) in [5.41, 5.74) is 4.27. The van der Waals surface area contributed by atoms with Crippen molar-refractivity contribution in [1.29, 1.82) is 0 Å². The van der Waals surface area contributed by atoms with E-state index in [0.717, 1.165) is 74.8 Å². The number of hydrogen-bond donors (Lipinski definition) is 1. The minimum Gasteiger partial charge on any atom is -0.512 e. The smallest absolute Gasteiger partial charge is 0.162 e. The molecular weight excluding hydrogens is 714 g/mol. The number of benzene rings is 4. The van der Waals surface area contributed by atoms with Crippen LogP contribution in [-0.4, -0.2) is 15.9 Å². The van der Waals surface area contributed by atoms with Crippen molar-refractivity contribution in [3.8, 4) is 11.3 Å². The molecule has 43 heavy (non-hydrogen) atoms. The van der Waals surface area contributed by atoms with E-state index in [1.165, 1.54) is 17.7 Å². The Bertz CT molecular complexity index is 1730. The fourth-order valence-electron chi connectivity index (χ4n) is 5.80. The largest absolute Gasteiger partial charge is 0.512 e. The predicted octanol–water partition coefficient (Wildman–Crippen LogP) is 10.6. The van der Waals surface area contributed by atoms with Crippen LogP contribution in [-0.2, 0) is 24.9 Å². The summed E-state index contributed by atoms with van der Waals surface area (Å²) in [6.07, 6.45) is 6.76. The second-order valence-corrected chi connectivity index (χ2v) is 11.1. The zero-order valence-corrected chi connectivity index (χ0v) is 28.3. The Hall–Kier alpha value is -3.40. The summed E-state index contributed by atoms with van der Waals surface area (Å²) in [5.74, 6) is 0.339. The Balaban J connectivity index is 0.000000274. The molecule has 0 aliphatic rings. The number of aliphatic hydroxyl groups excluding tert-OH is 1. The Morgan fingerprint density at radius 3 is 2.05 bits per heavy atom. The molecule has 4 aromatic carbocycles. The van der Waals surface area contributed by atoms with Crippen molar-refractivity contribution in [1.82, 2.24) is 4.98 Å². The molecule has 5 aromatic rings. The van der Waals surface area contributed by atoms with Gasteiger partial charge < -0.3 is 10.1 Å². The minimum absolute atomic E-state index is 0. The minimum atomic E-state index is -0.209. The van der Waals surface area contributed by atoms with E-state index in [4.69, 9.17) is 0 Å². The number of hydrogen-bond acceptors (Lipinski definition) is 3. The first-order valence-corrected chi connectivity index (χ1v) is 15.1. The first-order chi connectivity index (χ1) is 20.2. The first kappa shape index (κ1) is 34.1. The van der Waals surface area contributed by atoms with E-state index >= 15 is 0 Å². The van der Waals surface area contributed by atoms with Gasteiger partial charge in [-0.1, -0.05) is 71.9 Å². The van der Waals surface area contributed by atoms with Crippen molar-refractivity contribution in [2.24, 2.45) is 11.8 Å². The summed E-state index contributed by atoms with van der Waals surface area (Å²) in [7, 11) is 0. The summed E-state index contributed by atoms with van der Waals surface area (Å²) in [6.45, 7) is 12.2. The van der Waals surface area contributed by atoms with Crippen LogP contribution in [0, 0.1) is 37.6 Å². The van der Waals surface area contributed by atoms with Gasteiger partial charge in [0.1, 0.15) is 5.82 Å². The number of allylic oxidation sites excluding steroid dienone is 2. The number of rotatable bonds is 8. The molecule has 5 heteroatoms. The number of carbonyl (C=O) groups is 1. The molecule has 1 aromatic heterocycles. The number of aryl methyl sites for hydroxylation is 2. The number of fused-ring (bicyclic) bond motifs is 5. The third-order valence-electron chi connectivity index (χ3n) is 8.21. The number of aliphatic hydroxyl groups is 1. The zero-order chi connectivity index (χ0) is 30.4. The maximum absolute atomic E-state index is 13.6. The van der Waals surface area contributed by atoms with E-state index in [1.807, 2.05) is 46.0 Å². The quantitative estimate of drug-likeness (QED) is 0.0743. The zero-order valence-electron chi connectivity index (χ0n) is 25.9. The maximum atomic E-state index is 13.6. The Morgan fingerprint density at radius 2 is 1.40 bits per heavy atom. The van der Waals surface area contributed by atoms with Gasteiger partial charge in [-0.15, -0.1) is 34.9 Å². The Kier molecular flexibility index (Phi) is 12.2. The molecule has 0 spiro atoms. The van der Waals surface area contributed by atoms with Gasteiger partial charge in [0.15, 0.2) is 5.78 Å². The third-order valence-corrected chi connectivity index (χ3v) is 8.21. The molecule has 3 nitrogen and oxygen atoms in total. The number of ketones is 1. The Morgan fingerprint density at radius 1 is 0.814 bits per heavy atom. The summed E-state index contributed by atoms with van der Waals surface area (Å²) < 4.78 is 13.6. The molecule has 1 heterocycles. The summed E-state index contributed by atoms with van der Waals surface area (Å²) >= 11 is 0. The number of halogens is 1. The standard InChI is InChI=1S/C25H17FN.C13H24O2.Ir/c1-15-11-16(2)13-18(12-15)25-24-8-7-21-20-6-4-19(26)14-17(20)3-5-22(21)23(24)9-10-27-25;1-5-10(6-2)12(14)9-13(15)11(7-3)8-4;/h3-12,14H,1-2H3;9-11,14H,5-8H2,1-4H3;/q-1;;.